The highest BCUT2D eigenvalue weighted by Crippen LogP contribution is 2.29. The fourth-order valence-corrected chi connectivity index (χ4v) is 1.82. The van der Waals surface area contributed by atoms with E-state index in [-0.39, 0.29) is 22.6 Å². The molecule has 0 amide bonds. The molecule has 0 fully saturated rings. The van der Waals surface area contributed by atoms with Crippen LogP contribution in [0.1, 0.15) is 15.9 Å². The lowest BCUT2D eigenvalue weighted by Crippen LogP contribution is -2.34. The Kier molecular flexibility index (Phi) is 2.55. The van der Waals surface area contributed by atoms with Crippen molar-refractivity contribution in [1.29, 1.82) is 0 Å². The van der Waals surface area contributed by atoms with Crippen molar-refractivity contribution in [3.05, 3.63) is 34.1 Å². The number of carbonyl (C=O) groups is 2. The van der Waals surface area contributed by atoms with E-state index in [9.17, 15) is 14.0 Å². The van der Waals surface area contributed by atoms with Crippen LogP contribution in [0.25, 0.3) is 0 Å². The highest BCUT2D eigenvalue weighted by Gasteiger charge is 2.34. The number of ether oxygens (including phenoxy) is 1. The molecule has 1 unspecified atom stereocenters. The Hall–Kier alpha value is -1.62. The third kappa shape index (κ3) is 1.63. The molecular weight excluding hydrogens is 239 g/mol. The molecule has 1 N–H and O–H groups in total. The first-order valence-corrected chi connectivity index (χ1v) is 4.79. The summed E-state index contributed by atoms with van der Waals surface area (Å²) in [7, 11) is 0. The smallest absolute Gasteiger partial charge is 0.345 e. The van der Waals surface area contributed by atoms with Gasteiger partial charge in [-0.25, -0.2) is 14.0 Å². The summed E-state index contributed by atoms with van der Waals surface area (Å²) >= 11 is 5.72. The van der Waals surface area contributed by atoms with Crippen LogP contribution in [0.15, 0.2) is 12.1 Å². The number of fused-ring (bicyclic) bond motifs is 1. The Morgan fingerprint density at radius 2 is 2.25 bits per heavy atom. The maximum Gasteiger partial charge on any atom is 0.345 e. The van der Waals surface area contributed by atoms with E-state index in [0.29, 0.717) is 0 Å². The van der Waals surface area contributed by atoms with E-state index in [1.165, 1.54) is 6.07 Å². The minimum atomic E-state index is -1.35. The lowest BCUT2D eigenvalue weighted by Gasteiger charge is -2.22. The van der Waals surface area contributed by atoms with Crippen molar-refractivity contribution in [3.63, 3.8) is 0 Å². The molecule has 0 saturated heterocycles. The van der Waals surface area contributed by atoms with Crippen molar-refractivity contribution < 1.29 is 23.8 Å². The number of carboxylic acids is 1. The predicted molar refractivity (Wildman–Crippen MR) is 52.0 cm³/mol. The van der Waals surface area contributed by atoms with E-state index in [1.807, 2.05) is 0 Å². The molecule has 1 atom stereocenters. The first-order valence-electron chi connectivity index (χ1n) is 4.41. The Labute approximate surface area is 94.6 Å². The van der Waals surface area contributed by atoms with Gasteiger partial charge in [0, 0.05) is 12.0 Å². The predicted octanol–water partition coefficient (Wildman–Crippen LogP) is 1.65. The molecule has 0 aliphatic carbocycles. The van der Waals surface area contributed by atoms with E-state index >= 15 is 0 Å². The fourth-order valence-electron chi connectivity index (χ4n) is 1.57. The van der Waals surface area contributed by atoms with Gasteiger partial charge in [0.1, 0.15) is 5.82 Å². The van der Waals surface area contributed by atoms with Gasteiger partial charge in [0.25, 0.3) is 0 Å². The average Bonchev–Trinajstić information content (AvgIpc) is 2.22. The van der Waals surface area contributed by atoms with Gasteiger partial charge in [-0.3, -0.25) is 0 Å². The van der Waals surface area contributed by atoms with Crippen LogP contribution < -0.4 is 0 Å². The molecule has 16 heavy (non-hydrogen) atoms. The second-order valence-corrected chi connectivity index (χ2v) is 3.73. The molecule has 1 heterocycles. The summed E-state index contributed by atoms with van der Waals surface area (Å²) in [6.07, 6.45) is -1.56. The van der Waals surface area contributed by atoms with Gasteiger partial charge in [-0.2, -0.15) is 0 Å². The van der Waals surface area contributed by atoms with Gasteiger partial charge in [0.15, 0.2) is 0 Å². The number of esters is 1. The summed E-state index contributed by atoms with van der Waals surface area (Å²) in [6, 6.07) is 2.33. The lowest BCUT2D eigenvalue weighted by atomic mass is 9.98. The molecule has 0 radical (unpaired) electrons. The summed E-state index contributed by atoms with van der Waals surface area (Å²) in [6.45, 7) is 0. The van der Waals surface area contributed by atoms with Crippen LogP contribution >= 0.6 is 11.6 Å². The normalized spacial score (nSPS) is 18.9. The van der Waals surface area contributed by atoms with Crippen molar-refractivity contribution in [2.45, 2.75) is 12.5 Å². The number of hydrogen-bond donors (Lipinski definition) is 1. The number of rotatable bonds is 1. The van der Waals surface area contributed by atoms with Crippen LogP contribution in [0.4, 0.5) is 4.39 Å². The molecular formula is C10H6ClFO4. The maximum absolute atomic E-state index is 13.4. The fraction of sp³-hybridized carbons (Fsp3) is 0.200. The van der Waals surface area contributed by atoms with Crippen molar-refractivity contribution >= 4 is 23.5 Å². The molecule has 0 bridgehead atoms. The van der Waals surface area contributed by atoms with E-state index < -0.39 is 23.9 Å². The third-order valence-electron chi connectivity index (χ3n) is 2.32. The Morgan fingerprint density at radius 3 is 2.88 bits per heavy atom. The Bertz CT molecular complexity index is 486. The summed E-state index contributed by atoms with van der Waals surface area (Å²) < 4.78 is 18.0. The van der Waals surface area contributed by atoms with Crippen LogP contribution in [-0.4, -0.2) is 23.1 Å². The highest BCUT2D eigenvalue weighted by molar-refractivity contribution is 6.33. The molecule has 84 valence electrons. The monoisotopic (exact) mass is 244 g/mol. The van der Waals surface area contributed by atoms with Gasteiger partial charge in [0.05, 0.1) is 10.6 Å². The largest absolute Gasteiger partial charge is 0.478 e. The molecule has 0 spiro atoms. The summed E-state index contributed by atoms with van der Waals surface area (Å²) in [5.41, 5.74) is -0.0877. The first-order chi connectivity index (χ1) is 7.50. The van der Waals surface area contributed by atoms with Crippen LogP contribution in [0.2, 0.25) is 5.02 Å². The third-order valence-corrected chi connectivity index (χ3v) is 2.64. The van der Waals surface area contributed by atoms with Crippen LogP contribution in [-0.2, 0) is 16.0 Å². The van der Waals surface area contributed by atoms with Crippen LogP contribution in [0, 0.1) is 5.82 Å². The standard InChI is InChI=1S/C10H6ClFO4/c11-5-1-2-6(12)4-3-7(9(13)14)16-10(15)8(4)5/h1-2,7H,3H2,(H,13,14). The molecule has 2 rings (SSSR count). The SMILES string of the molecule is O=C1OC(C(=O)O)Cc2c(F)ccc(Cl)c21. The molecule has 0 saturated carbocycles. The topological polar surface area (TPSA) is 63.6 Å². The van der Waals surface area contributed by atoms with Gasteiger partial charge in [-0.1, -0.05) is 11.6 Å². The van der Waals surface area contributed by atoms with E-state index in [0.717, 1.165) is 6.07 Å². The average molecular weight is 245 g/mol. The summed E-state index contributed by atoms with van der Waals surface area (Å²) in [4.78, 5) is 22.1. The number of aliphatic carboxylic acids is 1. The zero-order chi connectivity index (χ0) is 11.9. The lowest BCUT2D eigenvalue weighted by molar-refractivity contribution is -0.147. The quantitative estimate of drug-likeness (QED) is 0.763. The number of hydrogen-bond acceptors (Lipinski definition) is 3. The molecule has 4 nitrogen and oxygen atoms in total. The molecule has 1 aromatic rings. The molecule has 1 aliphatic heterocycles. The van der Waals surface area contributed by atoms with Gasteiger partial charge in [0.2, 0.25) is 6.10 Å². The molecule has 6 heteroatoms. The highest BCUT2D eigenvalue weighted by atomic mass is 35.5. The Morgan fingerprint density at radius 1 is 1.56 bits per heavy atom. The summed E-state index contributed by atoms with van der Waals surface area (Å²) in [5.74, 6) is -2.86. The van der Waals surface area contributed by atoms with Gasteiger partial charge >= 0.3 is 11.9 Å². The van der Waals surface area contributed by atoms with Crippen LogP contribution in [0.5, 0.6) is 0 Å². The van der Waals surface area contributed by atoms with E-state index in [2.05, 4.69) is 4.74 Å². The van der Waals surface area contributed by atoms with Crippen LogP contribution in [0.3, 0.4) is 0 Å². The molecule has 0 aromatic heterocycles. The number of benzene rings is 1. The number of carbonyl (C=O) groups excluding carboxylic acids is 1. The van der Waals surface area contributed by atoms with Gasteiger partial charge in [-0.15, -0.1) is 0 Å². The number of cyclic esters (lactones) is 1. The maximum atomic E-state index is 13.4. The number of carboxylic acid groups (broad SMARTS) is 1. The zero-order valence-corrected chi connectivity index (χ0v) is 8.62. The minimum absolute atomic E-state index is 0.00356. The van der Waals surface area contributed by atoms with Crippen molar-refractivity contribution in [2.75, 3.05) is 0 Å². The van der Waals surface area contributed by atoms with Crippen molar-refractivity contribution in [3.8, 4) is 0 Å². The van der Waals surface area contributed by atoms with Gasteiger partial charge < -0.3 is 9.84 Å². The minimum Gasteiger partial charge on any atom is -0.478 e. The number of halogens is 2. The first kappa shape index (κ1) is 10.9. The second kappa shape index (κ2) is 3.75. The zero-order valence-electron chi connectivity index (χ0n) is 7.87. The Balaban J connectivity index is 2.54. The molecule has 1 aliphatic rings. The van der Waals surface area contributed by atoms with E-state index in [1.54, 1.807) is 0 Å². The van der Waals surface area contributed by atoms with Crippen molar-refractivity contribution in [2.24, 2.45) is 0 Å². The van der Waals surface area contributed by atoms with Crippen molar-refractivity contribution in [1.82, 2.24) is 0 Å². The molecule has 1 aromatic carbocycles. The van der Waals surface area contributed by atoms with Gasteiger partial charge in [-0.05, 0) is 12.1 Å². The van der Waals surface area contributed by atoms with E-state index in [4.69, 9.17) is 16.7 Å². The second-order valence-electron chi connectivity index (χ2n) is 3.32. The summed E-state index contributed by atoms with van der Waals surface area (Å²) in [5, 5.41) is 8.77.